The van der Waals surface area contributed by atoms with Gasteiger partial charge < -0.3 is 5.32 Å². The monoisotopic (exact) mass is 233 g/mol. The van der Waals surface area contributed by atoms with E-state index in [4.69, 9.17) is 0 Å². The molecular weight excluding hydrogens is 210 g/mol. The first kappa shape index (κ1) is 13.8. The van der Waals surface area contributed by atoms with Crippen LogP contribution in [0.2, 0.25) is 0 Å². The van der Waals surface area contributed by atoms with E-state index in [-0.39, 0.29) is 11.9 Å². The summed E-state index contributed by atoms with van der Waals surface area (Å²) < 4.78 is 0. The first-order chi connectivity index (χ1) is 7.99. The molecule has 1 unspecified atom stereocenters. The molecule has 94 valence electrons. The molecule has 0 fully saturated rings. The Labute approximate surface area is 104 Å². The fourth-order valence-electron chi connectivity index (χ4n) is 1.67. The summed E-state index contributed by atoms with van der Waals surface area (Å²) in [6.07, 6.45) is 1.57. The Bertz CT molecular complexity index is 354. The number of carbonyl (C=O) groups excluding carboxylic acids is 1. The van der Waals surface area contributed by atoms with E-state index in [9.17, 15) is 4.79 Å². The first-order valence-electron chi connectivity index (χ1n) is 6.35. The van der Waals surface area contributed by atoms with Crippen LogP contribution in [0.25, 0.3) is 0 Å². The van der Waals surface area contributed by atoms with E-state index in [1.165, 1.54) is 5.56 Å². The van der Waals surface area contributed by atoms with Crippen LogP contribution in [0, 0.1) is 12.8 Å². The zero-order chi connectivity index (χ0) is 12.8. The van der Waals surface area contributed by atoms with Crippen molar-refractivity contribution in [3.63, 3.8) is 0 Å². The number of amides is 1. The molecule has 1 aromatic carbocycles. The predicted octanol–water partition coefficient (Wildman–Crippen LogP) is 3.61. The Morgan fingerprint density at radius 2 is 1.76 bits per heavy atom. The fourth-order valence-corrected chi connectivity index (χ4v) is 1.67. The van der Waals surface area contributed by atoms with Gasteiger partial charge in [-0.15, -0.1) is 0 Å². The Kier molecular flexibility index (Phi) is 5.20. The van der Waals surface area contributed by atoms with Crippen LogP contribution in [0.5, 0.6) is 0 Å². The molecule has 1 N–H and O–H groups in total. The number of carbonyl (C=O) groups is 1. The van der Waals surface area contributed by atoms with Crippen molar-refractivity contribution >= 4 is 5.91 Å². The summed E-state index contributed by atoms with van der Waals surface area (Å²) >= 11 is 0. The van der Waals surface area contributed by atoms with Crippen LogP contribution in [0.4, 0.5) is 0 Å². The van der Waals surface area contributed by atoms with Crippen LogP contribution in [-0.2, 0) is 4.79 Å². The molecule has 0 saturated heterocycles. The van der Waals surface area contributed by atoms with Gasteiger partial charge in [0.25, 0.3) is 0 Å². The van der Waals surface area contributed by atoms with Gasteiger partial charge in [-0.2, -0.15) is 0 Å². The summed E-state index contributed by atoms with van der Waals surface area (Å²) in [5, 5.41) is 3.03. The summed E-state index contributed by atoms with van der Waals surface area (Å²) in [7, 11) is 0. The number of rotatable bonds is 5. The van der Waals surface area contributed by atoms with Crippen LogP contribution >= 0.6 is 0 Å². The molecule has 0 saturated carbocycles. The lowest BCUT2D eigenvalue weighted by molar-refractivity contribution is -0.122. The van der Waals surface area contributed by atoms with Gasteiger partial charge in [-0.1, -0.05) is 43.7 Å². The third-order valence-corrected chi connectivity index (χ3v) is 2.90. The molecule has 0 aliphatic heterocycles. The van der Waals surface area contributed by atoms with Gasteiger partial charge in [-0.3, -0.25) is 4.79 Å². The lowest BCUT2D eigenvalue weighted by Gasteiger charge is -2.15. The minimum absolute atomic E-state index is 0.0928. The van der Waals surface area contributed by atoms with Crippen molar-refractivity contribution in [3.8, 4) is 0 Å². The molecule has 2 heteroatoms. The highest BCUT2D eigenvalue weighted by Crippen LogP contribution is 2.13. The highest BCUT2D eigenvalue weighted by molar-refractivity contribution is 5.76. The lowest BCUT2D eigenvalue weighted by atomic mass is 10.1. The molecule has 0 heterocycles. The smallest absolute Gasteiger partial charge is 0.220 e. The first-order valence-corrected chi connectivity index (χ1v) is 6.35. The topological polar surface area (TPSA) is 29.1 Å². The highest BCUT2D eigenvalue weighted by Gasteiger charge is 2.09. The van der Waals surface area contributed by atoms with Gasteiger partial charge >= 0.3 is 0 Å². The summed E-state index contributed by atoms with van der Waals surface area (Å²) in [4.78, 5) is 11.7. The van der Waals surface area contributed by atoms with Gasteiger partial charge in [0.05, 0.1) is 6.04 Å². The van der Waals surface area contributed by atoms with Crippen LogP contribution in [0.1, 0.15) is 50.8 Å². The Morgan fingerprint density at radius 1 is 1.18 bits per heavy atom. The zero-order valence-corrected chi connectivity index (χ0v) is 11.3. The molecule has 1 amide bonds. The molecule has 0 aromatic heterocycles. The molecule has 1 atom stereocenters. The summed E-state index contributed by atoms with van der Waals surface area (Å²) in [6, 6.07) is 8.39. The maximum atomic E-state index is 11.7. The molecular formula is C15H23NO. The van der Waals surface area contributed by atoms with Crippen LogP contribution in [0.15, 0.2) is 24.3 Å². The number of hydrogen-bond acceptors (Lipinski definition) is 1. The normalized spacial score (nSPS) is 12.5. The van der Waals surface area contributed by atoms with Crippen molar-refractivity contribution in [3.05, 3.63) is 35.4 Å². The molecule has 2 nitrogen and oxygen atoms in total. The van der Waals surface area contributed by atoms with E-state index in [1.54, 1.807) is 0 Å². The summed E-state index contributed by atoms with van der Waals surface area (Å²) in [5.74, 6) is 0.724. The standard InChI is InChI=1S/C15H23NO/c1-11(2)5-10-15(17)16-13(4)14-8-6-12(3)7-9-14/h6-9,11,13H,5,10H2,1-4H3,(H,16,17). The van der Waals surface area contributed by atoms with Crippen LogP contribution in [0.3, 0.4) is 0 Å². The van der Waals surface area contributed by atoms with E-state index in [2.05, 4.69) is 50.4 Å². The van der Waals surface area contributed by atoms with E-state index in [0.29, 0.717) is 12.3 Å². The van der Waals surface area contributed by atoms with Crippen molar-refractivity contribution < 1.29 is 4.79 Å². The molecule has 0 spiro atoms. The molecule has 1 aromatic rings. The maximum absolute atomic E-state index is 11.7. The SMILES string of the molecule is Cc1ccc(C(C)NC(=O)CCC(C)C)cc1. The molecule has 0 aliphatic rings. The second-order valence-electron chi connectivity index (χ2n) is 5.13. The fraction of sp³-hybridized carbons (Fsp3) is 0.533. The van der Waals surface area contributed by atoms with E-state index >= 15 is 0 Å². The number of aryl methyl sites for hydroxylation is 1. The largest absolute Gasteiger partial charge is 0.350 e. The minimum Gasteiger partial charge on any atom is -0.350 e. The van der Waals surface area contributed by atoms with Crippen LogP contribution in [-0.4, -0.2) is 5.91 Å². The van der Waals surface area contributed by atoms with Crippen molar-refractivity contribution in [2.24, 2.45) is 5.92 Å². The van der Waals surface area contributed by atoms with Crippen LogP contribution < -0.4 is 5.32 Å². The van der Waals surface area contributed by atoms with Gasteiger partial charge in [-0.05, 0) is 31.7 Å². The minimum atomic E-state index is 0.0928. The molecule has 0 aliphatic carbocycles. The molecule has 0 radical (unpaired) electrons. The summed E-state index contributed by atoms with van der Waals surface area (Å²) in [6.45, 7) is 8.36. The molecule has 1 rings (SSSR count). The third kappa shape index (κ3) is 5.03. The van der Waals surface area contributed by atoms with E-state index in [1.807, 2.05) is 6.92 Å². The van der Waals surface area contributed by atoms with Gasteiger partial charge in [-0.25, -0.2) is 0 Å². The highest BCUT2D eigenvalue weighted by atomic mass is 16.1. The maximum Gasteiger partial charge on any atom is 0.220 e. The predicted molar refractivity (Wildman–Crippen MR) is 71.8 cm³/mol. The Balaban J connectivity index is 2.46. The van der Waals surface area contributed by atoms with Crippen molar-refractivity contribution in [1.29, 1.82) is 0 Å². The van der Waals surface area contributed by atoms with Gasteiger partial charge in [0.15, 0.2) is 0 Å². The zero-order valence-electron chi connectivity index (χ0n) is 11.3. The van der Waals surface area contributed by atoms with Gasteiger partial charge in [0.1, 0.15) is 0 Å². The number of nitrogens with one attached hydrogen (secondary N) is 1. The summed E-state index contributed by atoms with van der Waals surface area (Å²) in [5.41, 5.74) is 2.40. The number of benzene rings is 1. The average Bonchev–Trinajstić information content (AvgIpc) is 2.27. The third-order valence-electron chi connectivity index (χ3n) is 2.90. The second kappa shape index (κ2) is 6.43. The number of hydrogen-bond donors (Lipinski definition) is 1. The van der Waals surface area contributed by atoms with Crippen molar-refractivity contribution in [2.75, 3.05) is 0 Å². The Hall–Kier alpha value is -1.31. The average molecular weight is 233 g/mol. The van der Waals surface area contributed by atoms with E-state index < -0.39 is 0 Å². The van der Waals surface area contributed by atoms with Crippen molar-refractivity contribution in [1.82, 2.24) is 5.32 Å². The molecule has 17 heavy (non-hydrogen) atoms. The molecule has 0 bridgehead atoms. The Morgan fingerprint density at radius 3 is 2.29 bits per heavy atom. The van der Waals surface area contributed by atoms with Gasteiger partial charge in [0, 0.05) is 6.42 Å². The second-order valence-corrected chi connectivity index (χ2v) is 5.13. The van der Waals surface area contributed by atoms with Gasteiger partial charge in [0.2, 0.25) is 5.91 Å². The van der Waals surface area contributed by atoms with E-state index in [0.717, 1.165) is 12.0 Å². The quantitative estimate of drug-likeness (QED) is 0.827. The lowest BCUT2D eigenvalue weighted by Crippen LogP contribution is -2.26. The van der Waals surface area contributed by atoms with Crippen molar-refractivity contribution in [2.45, 2.75) is 46.6 Å².